The first-order valence-corrected chi connectivity index (χ1v) is 5.54. The van der Waals surface area contributed by atoms with Gasteiger partial charge in [0.1, 0.15) is 11.6 Å². The first-order valence-electron chi connectivity index (χ1n) is 5.54. The van der Waals surface area contributed by atoms with Crippen molar-refractivity contribution >= 4 is 12.1 Å². The third-order valence-corrected chi connectivity index (χ3v) is 2.99. The molecule has 5 nitrogen and oxygen atoms in total. The molecule has 5 heteroatoms. The van der Waals surface area contributed by atoms with Gasteiger partial charge in [-0.25, -0.2) is 9.59 Å². The number of rotatable bonds is 1. The fourth-order valence-corrected chi connectivity index (χ4v) is 2.25. The van der Waals surface area contributed by atoms with Gasteiger partial charge in [0.2, 0.25) is 0 Å². The van der Waals surface area contributed by atoms with Crippen molar-refractivity contribution in [1.29, 1.82) is 0 Å². The Morgan fingerprint density at radius 3 is 2.44 bits per heavy atom. The van der Waals surface area contributed by atoms with Crippen molar-refractivity contribution in [2.24, 2.45) is 5.92 Å². The SMILES string of the molecule is CC(C)(C)OC(=O)N1[C@H](C(=O)O)CC2C[C@@H]21. The predicted molar refractivity (Wildman–Crippen MR) is 56.0 cm³/mol. The van der Waals surface area contributed by atoms with E-state index in [0.717, 1.165) is 6.42 Å². The standard InChI is InChI=1S/C11H17NO4/c1-11(2,3)16-10(15)12-7-4-6(7)5-8(12)9(13)14/h6-8H,4-5H2,1-3H3,(H,13,14)/t6?,7-,8-/m0/s1. The molecule has 0 aromatic heterocycles. The molecule has 2 fully saturated rings. The third-order valence-electron chi connectivity index (χ3n) is 2.99. The molecule has 1 saturated carbocycles. The van der Waals surface area contributed by atoms with E-state index in [0.29, 0.717) is 12.3 Å². The number of carboxylic acids is 1. The largest absolute Gasteiger partial charge is 0.480 e. The number of aliphatic carboxylic acids is 1. The number of fused-ring (bicyclic) bond motifs is 1. The molecule has 1 amide bonds. The zero-order valence-electron chi connectivity index (χ0n) is 9.77. The van der Waals surface area contributed by atoms with Gasteiger partial charge in [-0.3, -0.25) is 4.90 Å². The molecule has 1 N–H and O–H groups in total. The monoisotopic (exact) mass is 227 g/mol. The molecular formula is C11H17NO4. The van der Waals surface area contributed by atoms with Crippen LogP contribution in [0.3, 0.4) is 0 Å². The summed E-state index contributed by atoms with van der Waals surface area (Å²) in [4.78, 5) is 24.3. The molecule has 1 aliphatic heterocycles. The minimum absolute atomic E-state index is 0.0935. The molecule has 90 valence electrons. The Bertz CT molecular complexity index is 333. The fourth-order valence-electron chi connectivity index (χ4n) is 2.25. The number of hydrogen-bond acceptors (Lipinski definition) is 3. The number of carbonyl (C=O) groups excluding carboxylic acids is 1. The van der Waals surface area contributed by atoms with Crippen LogP contribution in [0.5, 0.6) is 0 Å². The number of piperidine rings is 1. The molecule has 16 heavy (non-hydrogen) atoms. The minimum Gasteiger partial charge on any atom is -0.480 e. The highest BCUT2D eigenvalue weighted by molar-refractivity contribution is 5.82. The highest BCUT2D eigenvalue weighted by Gasteiger charge is 2.57. The molecule has 0 spiro atoms. The molecule has 0 bridgehead atoms. The highest BCUT2D eigenvalue weighted by atomic mass is 16.6. The van der Waals surface area contributed by atoms with Crippen LogP contribution in [0.25, 0.3) is 0 Å². The van der Waals surface area contributed by atoms with Crippen molar-refractivity contribution in [2.75, 3.05) is 0 Å². The Balaban J connectivity index is 2.07. The molecule has 1 unspecified atom stereocenters. The molecule has 1 heterocycles. The molecule has 3 atom stereocenters. The van der Waals surface area contributed by atoms with Gasteiger partial charge in [-0.1, -0.05) is 0 Å². The maximum Gasteiger partial charge on any atom is 0.411 e. The van der Waals surface area contributed by atoms with Gasteiger partial charge in [0.15, 0.2) is 0 Å². The number of ether oxygens (including phenoxy) is 1. The summed E-state index contributed by atoms with van der Waals surface area (Å²) in [6, 6.07) is -0.602. The molecule has 0 radical (unpaired) electrons. The Morgan fingerprint density at radius 1 is 1.31 bits per heavy atom. The lowest BCUT2D eigenvalue weighted by atomic mass is 10.2. The molecule has 1 saturated heterocycles. The average Bonchev–Trinajstić information content (AvgIpc) is 2.73. The lowest BCUT2D eigenvalue weighted by Gasteiger charge is -2.28. The Kier molecular flexibility index (Phi) is 2.36. The van der Waals surface area contributed by atoms with Crippen LogP contribution < -0.4 is 0 Å². The second kappa shape index (κ2) is 3.37. The lowest BCUT2D eigenvalue weighted by molar-refractivity contribution is -0.142. The van der Waals surface area contributed by atoms with Crippen LogP contribution in [0.2, 0.25) is 0 Å². The van der Waals surface area contributed by atoms with Crippen molar-refractivity contribution in [3.05, 3.63) is 0 Å². The van der Waals surface area contributed by atoms with Crippen LogP contribution in [0, 0.1) is 5.92 Å². The normalized spacial score (nSPS) is 32.2. The summed E-state index contributed by atoms with van der Waals surface area (Å²) in [6.45, 7) is 5.34. The Morgan fingerprint density at radius 2 is 1.94 bits per heavy atom. The van der Waals surface area contributed by atoms with E-state index in [2.05, 4.69) is 0 Å². The number of likely N-dealkylation sites (tertiary alicyclic amines) is 1. The van der Waals surface area contributed by atoms with Crippen molar-refractivity contribution in [3.8, 4) is 0 Å². The summed E-state index contributed by atoms with van der Waals surface area (Å²) in [5.74, 6) is -0.563. The minimum atomic E-state index is -0.932. The van der Waals surface area contributed by atoms with E-state index in [9.17, 15) is 9.59 Å². The van der Waals surface area contributed by atoms with E-state index < -0.39 is 23.7 Å². The molecule has 2 rings (SSSR count). The second-order valence-electron chi connectivity index (χ2n) is 5.54. The molecule has 0 aromatic carbocycles. The van der Waals surface area contributed by atoms with Gasteiger partial charge in [0.05, 0.1) is 0 Å². The van der Waals surface area contributed by atoms with Crippen molar-refractivity contribution in [2.45, 2.75) is 51.3 Å². The van der Waals surface area contributed by atoms with Crippen LogP contribution >= 0.6 is 0 Å². The summed E-state index contributed by atoms with van der Waals surface area (Å²) in [7, 11) is 0. The summed E-state index contributed by atoms with van der Waals surface area (Å²) < 4.78 is 5.22. The van der Waals surface area contributed by atoms with Gasteiger partial charge in [-0.15, -0.1) is 0 Å². The zero-order valence-corrected chi connectivity index (χ0v) is 9.77. The highest BCUT2D eigenvalue weighted by Crippen LogP contribution is 2.48. The van der Waals surface area contributed by atoms with E-state index in [1.807, 2.05) is 0 Å². The maximum absolute atomic E-state index is 11.9. The number of carbonyl (C=O) groups is 2. The van der Waals surface area contributed by atoms with Gasteiger partial charge >= 0.3 is 12.1 Å². The van der Waals surface area contributed by atoms with Crippen LogP contribution in [0.4, 0.5) is 4.79 Å². The number of nitrogens with zero attached hydrogens (tertiary/aromatic N) is 1. The first-order chi connectivity index (χ1) is 7.29. The summed E-state index contributed by atoms with van der Waals surface area (Å²) >= 11 is 0. The molecule has 2 aliphatic rings. The van der Waals surface area contributed by atoms with E-state index in [1.165, 1.54) is 4.90 Å². The van der Waals surface area contributed by atoms with Crippen molar-refractivity contribution < 1.29 is 19.4 Å². The van der Waals surface area contributed by atoms with Crippen LogP contribution in [-0.4, -0.2) is 39.8 Å². The van der Waals surface area contributed by atoms with E-state index >= 15 is 0 Å². The first kappa shape index (κ1) is 11.2. The van der Waals surface area contributed by atoms with Crippen LogP contribution in [0.15, 0.2) is 0 Å². The van der Waals surface area contributed by atoms with E-state index in [1.54, 1.807) is 20.8 Å². The van der Waals surface area contributed by atoms with Crippen LogP contribution in [-0.2, 0) is 9.53 Å². The summed E-state index contributed by atoms with van der Waals surface area (Å²) in [6.07, 6.45) is 0.993. The Hall–Kier alpha value is -1.26. The second-order valence-corrected chi connectivity index (χ2v) is 5.54. The quantitative estimate of drug-likeness (QED) is 0.736. The molecule has 1 aliphatic carbocycles. The fraction of sp³-hybridized carbons (Fsp3) is 0.818. The number of amides is 1. The van der Waals surface area contributed by atoms with Gasteiger partial charge in [-0.05, 0) is 39.5 Å². The summed E-state index contributed by atoms with van der Waals surface area (Å²) in [5, 5.41) is 9.02. The van der Waals surface area contributed by atoms with E-state index in [-0.39, 0.29) is 6.04 Å². The zero-order chi connectivity index (χ0) is 12.1. The van der Waals surface area contributed by atoms with Gasteiger partial charge in [-0.2, -0.15) is 0 Å². The third kappa shape index (κ3) is 1.99. The van der Waals surface area contributed by atoms with E-state index in [4.69, 9.17) is 9.84 Å². The van der Waals surface area contributed by atoms with Crippen molar-refractivity contribution in [1.82, 2.24) is 4.90 Å². The topological polar surface area (TPSA) is 66.8 Å². The maximum atomic E-state index is 11.9. The molecular weight excluding hydrogens is 210 g/mol. The molecule has 0 aromatic rings. The van der Waals surface area contributed by atoms with Gasteiger partial charge < -0.3 is 9.84 Å². The average molecular weight is 227 g/mol. The van der Waals surface area contributed by atoms with Crippen molar-refractivity contribution in [3.63, 3.8) is 0 Å². The number of hydrogen-bond donors (Lipinski definition) is 1. The van der Waals surface area contributed by atoms with Gasteiger partial charge in [0.25, 0.3) is 0 Å². The number of carboxylic acid groups (broad SMARTS) is 1. The smallest absolute Gasteiger partial charge is 0.411 e. The Labute approximate surface area is 94.4 Å². The van der Waals surface area contributed by atoms with Gasteiger partial charge in [0, 0.05) is 6.04 Å². The predicted octanol–water partition coefficient (Wildman–Crippen LogP) is 1.47. The summed E-state index contributed by atoms with van der Waals surface area (Å²) in [5.41, 5.74) is -0.576. The van der Waals surface area contributed by atoms with Crippen LogP contribution in [0.1, 0.15) is 33.6 Å². The lowest BCUT2D eigenvalue weighted by Crippen LogP contribution is -2.45.